The van der Waals surface area contributed by atoms with Crippen molar-refractivity contribution in [3.8, 4) is 5.75 Å². The Morgan fingerprint density at radius 3 is 1.89 bits per heavy atom. The fraction of sp³-hybridized carbons (Fsp3) is 0.727. The summed E-state index contributed by atoms with van der Waals surface area (Å²) in [4.78, 5) is 0. The van der Waals surface area contributed by atoms with Crippen LogP contribution in [0.2, 0.25) is 12.1 Å². The molecule has 1 aromatic carbocycles. The molecule has 1 unspecified atom stereocenters. The number of alkyl halides is 3. The molecule has 0 amide bonds. The highest BCUT2D eigenvalue weighted by atomic mass is 28.2. The number of rotatable bonds is 5. The molecule has 2 aliphatic rings. The summed E-state index contributed by atoms with van der Waals surface area (Å²) in [6, 6.07) is 6.53. The highest BCUT2D eigenvalue weighted by Crippen LogP contribution is 2.45. The van der Waals surface area contributed by atoms with Gasteiger partial charge in [0, 0.05) is 9.52 Å². The van der Waals surface area contributed by atoms with E-state index in [1.54, 1.807) is 0 Å². The van der Waals surface area contributed by atoms with Crippen LogP contribution in [0.15, 0.2) is 24.3 Å². The van der Waals surface area contributed by atoms with E-state index in [9.17, 15) is 13.2 Å². The van der Waals surface area contributed by atoms with Crippen molar-refractivity contribution in [2.45, 2.75) is 82.7 Å². The van der Waals surface area contributed by atoms with E-state index in [1.807, 2.05) is 12.1 Å². The summed E-state index contributed by atoms with van der Waals surface area (Å²) in [5.74, 6) is 3.14. The molecule has 0 N–H and O–H groups in total. The van der Waals surface area contributed by atoms with Crippen LogP contribution in [0.4, 0.5) is 13.2 Å². The van der Waals surface area contributed by atoms with Gasteiger partial charge in [-0.2, -0.15) is 0 Å². The number of halogens is 3. The maximum absolute atomic E-state index is 12.3. The average Bonchev–Trinajstić information content (AvgIpc) is 2.67. The molecular formula is C22H33F3OSi. The van der Waals surface area contributed by atoms with E-state index in [1.165, 1.54) is 63.5 Å². The molecule has 0 saturated heterocycles. The van der Waals surface area contributed by atoms with Crippen molar-refractivity contribution in [1.29, 1.82) is 0 Å². The second-order valence-electron chi connectivity index (χ2n) is 8.79. The van der Waals surface area contributed by atoms with Crippen LogP contribution in [0.1, 0.15) is 69.8 Å². The molecule has 0 aromatic heterocycles. The number of benzene rings is 1. The second-order valence-corrected chi connectivity index (χ2v) is 10.9. The molecule has 5 heteroatoms. The fourth-order valence-corrected chi connectivity index (χ4v) is 6.52. The number of ether oxygens (including phenoxy) is 1. The van der Waals surface area contributed by atoms with Gasteiger partial charge in [-0.25, -0.2) is 0 Å². The summed E-state index contributed by atoms with van der Waals surface area (Å²) in [6.45, 7) is 4.91. The van der Waals surface area contributed by atoms with E-state index in [0.29, 0.717) is 5.92 Å². The molecule has 1 aromatic rings. The molecule has 0 radical (unpaired) electrons. The van der Waals surface area contributed by atoms with Gasteiger partial charge in [0.25, 0.3) is 0 Å². The SMILES string of the molecule is C[SiH2]C(C)C1CCC(C2CCC(c3ccc(OC(F)(F)F)cc3)CC2)CC1. The van der Waals surface area contributed by atoms with Crippen LogP contribution in [0, 0.1) is 17.8 Å². The Kier molecular flexibility index (Phi) is 6.93. The summed E-state index contributed by atoms with van der Waals surface area (Å²) in [5.41, 5.74) is 2.17. The van der Waals surface area contributed by atoms with Crippen molar-refractivity contribution in [2.75, 3.05) is 0 Å². The quantitative estimate of drug-likeness (QED) is 0.502. The van der Waals surface area contributed by atoms with E-state index >= 15 is 0 Å². The normalized spacial score (nSPS) is 31.1. The average molecular weight is 399 g/mol. The highest BCUT2D eigenvalue weighted by Gasteiger charge is 2.33. The van der Waals surface area contributed by atoms with Gasteiger partial charge in [-0.05, 0) is 79.9 Å². The lowest BCUT2D eigenvalue weighted by molar-refractivity contribution is -0.274. The zero-order valence-corrected chi connectivity index (χ0v) is 18.0. The maximum Gasteiger partial charge on any atom is 0.573 e. The minimum Gasteiger partial charge on any atom is -0.406 e. The Hall–Kier alpha value is -0.973. The Morgan fingerprint density at radius 1 is 0.889 bits per heavy atom. The molecule has 152 valence electrons. The first-order chi connectivity index (χ1) is 12.9. The lowest BCUT2D eigenvalue weighted by Gasteiger charge is -2.39. The van der Waals surface area contributed by atoms with Crippen molar-refractivity contribution in [1.82, 2.24) is 0 Å². The Labute approximate surface area is 163 Å². The van der Waals surface area contributed by atoms with Crippen LogP contribution in [-0.2, 0) is 0 Å². The monoisotopic (exact) mass is 398 g/mol. The van der Waals surface area contributed by atoms with Gasteiger partial charge < -0.3 is 4.74 Å². The fourth-order valence-electron chi connectivity index (χ4n) is 5.38. The molecule has 0 spiro atoms. The molecule has 2 aliphatic carbocycles. The molecule has 27 heavy (non-hydrogen) atoms. The molecule has 0 heterocycles. The number of hydrogen-bond donors (Lipinski definition) is 0. The van der Waals surface area contributed by atoms with Crippen LogP contribution >= 0.6 is 0 Å². The molecular weight excluding hydrogens is 365 g/mol. The third-order valence-electron chi connectivity index (χ3n) is 7.29. The zero-order chi connectivity index (χ0) is 19.4. The van der Waals surface area contributed by atoms with Crippen LogP contribution < -0.4 is 4.74 Å². The summed E-state index contributed by atoms with van der Waals surface area (Å²) in [7, 11) is 0.133. The zero-order valence-electron chi connectivity index (χ0n) is 16.6. The Balaban J connectivity index is 1.46. The first-order valence-electron chi connectivity index (χ1n) is 10.7. The Bertz CT molecular complexity index is 570. The van der Waals surface area contributed by atoms with Gasteiger partial charge in [0.05, 0.1) is 0 Å². The predicted octanol–water partition coefficient (Wildman–Crippen LogP) is 6.69. The minimum absolute atomic E-state index is 0.124. The molecule has 1 nitrogen and oxygen atoms in total. The van der Waals surface area contributed by atoms with Crippen molar-refractivity contribution >= 4 is 9.52 Å². The minimum atomic E-state index is -4.62. The molecule has 2 saturated carbocycles. The summed E-state index contributed by atoms with van der Waals surface area (Å²) in [6.07, 6.45) is 5.99. The van der Waals surface area contributed by atoms with E-state index in [-0.39, 0.29) is 15.3 Å². The van der Waals surface area contributed by atoms with E-state index in [0.717, 1.165) is 28.9 Å². The standard InChI is InChI=1S/C22H33F3OSi/c1-15(27-2)16-3-5-17(6-4-16)18-7-9-19(10-8-18)20-11-13-21(14-12-20)26-22(23,24)25/h11-19H,3-10,27H2,1-2H3. The highest BCUT2D eigenvalue weighted by molar-refractivity contribution is 6.35. The smallest absolute Gasteiger partial charge is 0.406 e. The number of hydrogen-bond acceptors (Lipinski definition) is 1. The van der Waals surface area contributed by atoms with E-state index in [2.05, 4.69) is 18.2 Å². The van der Waals surface area contributed by atoms with Crippen LogP contribution in [0.5, 0.6) is 5.75 Å². The second kappa shape index (κ2) is 9.02. The largest absolute Gasteiger partial charge is 0.573 e. The first-order valence-corrected chi connectivity index (χ1v) is 12.9. The predicted molar refractivity (Wildman–Crippen MR) is 107 cm³/mol. The van der Waals surface area contributed by atoms with Gasteiger partial charge >= 0.3 is 6.36 Å². The summed E-state index contributed by atoms with van der Waals surface area (Å²) in [5, 5.41) is 0. The summed E-state index contributed by atoms with van der Waals surface area (Å²) < 4.78 is 40.8. The first kappa shape index (κ1) is 20.8. The van der Waals surface area contributed by atoms with Crippen molar-refractivity contribution < 1.29 is 17.9 Å². The van der Waals surface area contributed by atoms with Gasteiger partial charge in [0.2, 0.25) is 0 Å². The molecule has 0 bridgehead atoms. The van der Waals surface area contributed by atoms with Gasteiger partial charge in [-0.3, -0.25) is 0 Å². The van der Waals surface area contributed by atoms with Crippen LogP contribution in [0.25, 0.3) is 0 Å². The molecule has 2 fully saturated rings. The van der Waals surface area contributed by atoms with Crippen molar-refractivity contribution in [2.24, 2.45) is 17.8 Å². The van der Waals surface area contributed by atoms with Crippen LogP contribution in [0.3, 0.4) is 0 Å². The molecule has 1 atom stereocenters. The lowest BCUT2D eigenvalue weighted by Crippen LogP contribution is -2.27. The van der Waals surface area contributed by atoms with Crippen molar-refractivity contribution in [3.05, 3.63) is 29.8 Å². The van der Waals surface area contributed by atoms with E-state index in [4.69, 9.17) is 0 Å². The van der Waals surface area contributed by atoms with Gasteiger partial charge in [-0.1, -0.05) is 44.0 Å². The van der Waals surface area contributed by atoms with Crippen molar-refractivity contribution in [3.63, 3.8) is 0 Å². The third-order valence-corrected chi connectivity index (χ3v) is 9.24. The summed E-state index contributed by atoms with van der Waals surface area (Å²) >= 11 is 0. The molecule has 3 rings (SSSR count). The van der Waals surface area contributed by atoms with Gasteiger partial charge in [0.15, 0.2) is 0 Å². The van der Waals surface area contributed by atoms with Gasteiger partial charge in [0.1, 0.15) is 5.75 Å². The molecule has 0 aliphatic heterocycles. The van der Waals surface area contributed by atoms with Gasteiger partial charge in [-0.15, -0.1) is 13.2 Å². The Morgan fingerprint density at radius 2 is 1.41 bits per heavy atom. The third kappa shape index (κ3) is 5.75. The lowest BCUT2D eigenvalue weighted by atomic mass is 9.68. The maximum atomic E-state index is 12.3. The van der Waals surface area contributed by atoms with E-state index < -0.39 is 6.36 Å². The topological polar surface area (TPSA) is 9.23 Å². The van der Waals surface area contributed by atoms with Crippen LogP contribution in [-0.4, -0.2) is 15.9 Å².